The van der Waals surface area contributed by atoms with Crippen molar-refractivity contribution in [3.8, 4) is 0 Å². The first-order valence-electron chi connectivity index (χ1n) is 8.42. The first-order valence-corrected chi connectivity index (χ1v) is 8.42. The highest BCUT2D eigenvalue weighted by atomic mass is 15.2. The van der Waals surface area contributed by atoms with Gasteiger partial charge in [0.15, 0.2) is 0 Å². The van der Waals surface area contributed by atoms with Gasteiger partial charge in [-0.15, -0.1) is 0 Å². The molecule has 1 fully saturated rings. The molecule has 1 unspecified atom stereocenters. The average molecular weight is 272 g/mol. The molecule has 1 aliphatic carbocycles. The van der Waals surface area contributed by atoms with Crippen molar-refractivity contribution in [2.45, 2.75) is 64.0 Å². The van der Waals surface area contributed by atoms with Crippen molar-refractivity contribution in [3.05, 3.63) is 29.8 Å². The predicted octanol–water partition coefficient (Wildman–Crippen LogP) is 3.75. The van der Waals surface area contributed by atoms with Crippen LogP contribution in [0.25, 0.3) is 0 Å². The van der Waals surface area contributed by atoms with Gasteiger partial charge in [-0.3, -0.25) is 0 Å². The average Bonchev–Trinajstić information content (AvgIpc) is 3.29. The van der Waals surface area contributed by atoms with Crippen LogP contribution in [0, 0.1) is 0 Å². The maximum absolute atomic E-state index is 3.63. The van der Waals surface area contributed by atoms with E-state index in [1.54, 1.807) is 5.56 Å². The van der Waals surface area contributed by atoms with Crippen molar-refractivity contribution in [1.82, 2.24) is 5.32 Å². The van der Waals surface area contributed by atoms with Crippen molar-refractivity contribution < 1.29 is 0 Å². The van der Waals surface area contributed by atoms with Crippen LogP contribution in [0.5, 0.6) is 0 Å². The quantitative estimate of drug-likeness (QED) is 0.793. The molecule has 2 aliphatic rings. The number of nitrogens with zero attached hydrogens (tertiary/aromatic N) is 1. The summed E-state index contributed by atoms with van der Waals surface area (Å²) in [5.74, 6) is 0. The minimum atomic E-state index is 0.662. The maximum atomic E-state index is 3.63. The lowest BCUT2D eigenvalue weighted by Gasteiger charge is -2.31. The third kappa shape index (κ3) is 3.54. The standard InChI is InChI=1S/C18H28N2/c1-15(7-6-13-19-17-11-12-17)20-14-5-4-9-16-8-2-3-10-18(16)20/h2-3,8,10,15,17,19H,4-7,9,11-14H2,1H3. The first-order chi connectivity index (χ1) is 9.84. The number of aryl methyl sites for hydroxylation is 1. The molecular formula is C18H28N2. The molecule has 1 aromatic carbocycles. The Labute approximate surface area is 123 Å². The number of para-hydroxylation sites is 1. The molecular weight excluding hydrogens is 244 g/mol. The Morgan fingerprint density at radius 1 is 1.25 bits per heavy atom. The molecule has 1 aliphatic heterocycles. The van der Waals surface area contributed by atoms with Crippen LogP contribution < -0.4 is 10.2 Å². The molecule has 0 aromatic heterocycles. The summed E-state index contributed by atoms with van der Waals surface area (Å²) in [4.78, 5) is 2.65. The molecule has 2 nitrogen and oxygen atoms in total. The second-order valence-electron chi connectivity index (χ2n) is 6.50. The van der Waals surface area contributed by atoms with Gasteiger partial charge in [-0.05, 0) is 70.0 Å². The first kappa shape index (κ1) is 13.9. The Balaban J connectivity index is 1.56. The molecule has 20 heavy (non-hydrogen) atoms. The van der Waals surface area contributed by atoms with Crippen LogP contribution in [-0.2, 0) is 6.42 Å². The summed E-state index contributed by atoms with van der Waals surface area (Å²) in [7, 11) is 0. The van der Waals surface area contributed by atoms with E-state index in [9.17, 15) is 0 Å². The van der Waals surface area contributed by atoms with Crippen LogP contribution in [0.15, 0.2) is 24.3 Å². The molecule has 0 bridgehead atoms. The number of anilines is 1. The molecule has 1 N–H and O–H groups in total. The van der Waals surface area contributed by atoms with Crippen molar-refractivity contribution in [2.75, 3.05) is 18.0 Å². The summed E-state index contributed by atoms with van der Waals surface area (Å²) in [5, 5.41) is 3.63. The van der Waals surface area contributed by atoms with Gasteiger partial charge in [0.2, 0.25) is 0 Å². The van der Waals surface area contributed by atoms with E-state index >= 15 is 0 Å². The van der Waals surface area contributed by atoms with Crippen molar-refractivity contribution in [3.63, 3.8) is 0 Å². The molecule has 0 saturated heterocycles. The number of benzene rings is 1. The minimum absolute atomic E-state index is 0.662. The molecule has 0 radical (unpaired) electrons. The van der Waals surface area contributed by atoms with Crippen LogP contribution in [0.1, 0.15) is 51.0 Å². The second kappa shape index (κ2) is 6.62. The number of rotatable bonds is 6. The van der Waals surface area contributed by atoms with Crippen LogP contribution in [0.2, 0.25) is 0 Å². The van der Waals surface area contributed by atoms with Gasteiger partial charge < -0.3 is 10.2 Å². The van der Waals surface area contributed by atoms with Gasteiger partial charge in [0.1, 0.15) is 0 Å². The molecule has 1 heterocycles. The summed E-state index contributed by atoms with van der Waals surface area (Å²) in [6, 6.07) is 10.5. The third-order valence-electron chi connectivity index (χ3n) is 4.74. The summed E-state index contributed by atoms with van der Waals surface area (Å²) >= 11 is 0. The molecule has 0 spiro atoms. The van der Waals surface area contributed by atoms with Crippen LogP contribution in [0.4, 0.5) is 5.69 Å². The smallest absolute Gasteiger partial charge is 0.0401 e. The van der Waals surface area contributed by atoms with E-state index in [2.05, 4.69) is 41.4 Å². The van der Waals surface area contributed by atoms with Crippen LogP contribution >= 0.6 is 0 Å². The van der Waals surface area contributed by atoms with Gasteiger partial charge in [-0.25, -0.2) is 0 Å². The molecule has 0 amide bonds. The Hall–Kier alpha value is -1.02. The summed E-state index contributed by atoms with van der Waals surface area (Å²) in [6.45, 7) is 4.83. The molecule has 1 aromatic rings. The van der Waals surface area contributed by atoms with E-state index in [-0.39, 0.29) is 0 Å². The zero-order chi connectivity index (χ0) is 13.8. The lowest BCUT2D eigenvalue weighted by molar-refractivity contribution is 0.533. The van der Waals surface area contributed by atoms with Crippen molar-refractivity contribution in [1.29, 1.82) is 0 Å². The highest BCUT2D eigenvalue weighted by Gasteiger charge is 2.21. The van der Waals surface area contributed by atoms with E-state index in [1.807, 2.05) is 0 Å². The maximum Gasteiger partial charge on any atom is 0.0401 e. The van der Waals surface area contributed by atoms with Crippen LogP contribution in [-0.4, -0.2) is 25.2 Å². The summed E-state index contributed by atoms with van der Waals surface area (Å²) in [6.07, 6.45) is 9.32. The molecule has 1 atom stereocenters. The fourth-order valence-corrected chi connectivity index (χ4v) is 3.33. The summed E-state index contributed by atoms with van der Waals surface area (Å²) in [5.41, 5.74) is 3.04. The number of nitrogens with one attached hydrogen (secondary N) is 1. The van der Waals surface area contributed by atoms with E-state index in [1.165, 1.54) is 63.7 Å². The van der Waals surface area contributed by atoms with Gasteiger partial charge in [-0.1, -0.05) is 18.2 Å². The predicted molar refractivity (Wildman–Crippen MR) is 86.4 cm³/mol. The normalized spacial score (nSPS) is 20.4. The monoisotopic (exact) mass is 272 g/mol. The third-order valence-corrected chi connectivity index (χ3v) is 4.74. The van der Waals surface area contributed by atoms with E-state index in [4.69, 9.17) is 0 Å². The lowest BCUT2D eigenvalue weighted by atomic mass is 10.1. The molecule has 3 rings (SSSR count). The molecule has 2 heteroatoms. The minimum Gasteiger partial charge on any atom is -0.369 e. The Morgan fingerprint density at radius 2 is 2.10 bits per heavy atom. The van der Waals surface area contributed by atoms with E-state index in [0.717, 1.165) is 6.04 Å². The van der Waals surface area contributed by atoms with Crippen molar-refractivity contribution >= 4 is 5.69 Å². The fraction of sp³-hybridized carbons (Fsp3) is 0.667. The number of fused-ring (bicyclic) bond motifs is 1. The lowest BCUT2D eigenvalue weighted by Crippen LogP contribution is -2.34. The van der Waals surface area contributed by atoms with Gasteiger partial charge in [0.05, 0.1) is 0 Å². The van der Waals surface area contributed by atoms with E-state index in [0.29, 0.717) is 6.04 Å². The Bertz CT molecular complexity index is 425. The summed E-state index contributed by atoms with van der Waals surface area (Å²) < 4.78 is 0. The van der Waals surface area contributed by atoms with E-state index < -0.39 is 0 Å². The largest absolute Gasteiger partial charge is 0.369 e. The number of hydrogen-bond acceptors (Lipinski definition) is 2. The second-order valence-corrected chi connectivity index (χ2v) is 6.50. The van der Waals surface area contributed by atoms with Gasteiger partial charge in [0.25, 0.3) is 0 Å². The number of hydrogen-bond donors (Lipinski definition) is 1. The van der Waals surface area contributed by atoms with Crippen LogP contribution in [0.3, 0.4) is 0 Å². The van der Waals surface area contributed by atoms with Gasteiger partial charge >= 0.3 is 0 Å². The fourth-order valence-electron chi connectivity index (χ4n) is 3.33. The topological polar surface area (TPSA) is 15.3 Å². The zero-order valence-corrected chi connectivity index (χ0v) is 12.8. The molecule has 110 valence electrons. The van der Waals surface area contributed by atoms with Gasteiger partial charge in [0, 0.05) is 24.3 Å². The Morgan fingerprint density at radius 3 is 2.95 bits per heavy atom. The molecule has 1 saturated carbocycles. The SMILES string of the molecule is CC(CCCNC1CC1)N1CCCCc2ccccc21. The zero-order valence-electron chi connectivity index (χ0n) is 12.8. The highest BCUT2D eigenvalue weighted by molar-refractivity contribution is 5.55. The highest BCUT2D eigenvalue weighted by Crippen LogP contribution is 2.28. The van der Waals surface area contributed by atoms with Crippen molar-refractivity contribution in [2.24, 2.45) is 0 Å². The van der Waals surface area contributed by atoms with Gasteiger partial charge in [-0.2, -0.15) is 0 Å². The Kier molecular flexibility index (Phi) is 4.62.